The van der Waals surface area contributed by atoms with Crippen molar-refractivity contribution in [1.82, 2.24) is 0 Å². The van der Waals surface area contributed by atoms with Crippen LogP contribution in [0.15, 0.2) is 18.2 Å². The lowest BCUT2D eigenvalue weighted by Crippen LogP contribution is -2.33. The lowest BCUT2D eigenvalue weighted by atomic mass is 9.92. The molecule has 1 unspecified atom stereocenters. The van der Waals surface area contributed by atoms with Gasteiger partial charge in [0.2, 0.25) is 0 Å². The van der Waals surface area contributed by atoms with E-state index in [2.05, 4.69) is 30.9 Å². The van der Waals surface area contributed by atoms with Crippen molar-refractivity contribution in [2.75, 3.05) is 18.0 Å². The topological polar surface area (TPSA) is 37.4 Å². The van der Waals surface area contributed by atoms with Crippen molar-refractivity contribution in [2.24, 2.45) is 11.8 Å². The number of nitrogens with zero attached hydrogens (tertiary/aromatic N) is 1. The summed E-state index contributed by atoms with van der Waals surface area (Å²) >= 11 is 0. The standard InChI is InChI=1S/C19H27NO2/c1-3-15(2)12-18-13-19(5-4-17(18)14-22)20-9-6-16(7-10-20)8-11-21/h4-5,11,13-16H,3,6-10,12H2,1-2H3. The van der Waals surface area contributed by atoms with E-state index in [1.807, 2.05) is 6.07 Å². The van der Waals surface area contributed by atoms with E-state index in [0.29, 0.717) is 18.3 Å². The van der Waals surface area contributed by atoms with E-state index >= 15 is 0 Å². The van der Waals surface area contributed by atoms with Gasteiger partial charge in [-0.15, -0.1) is 0 Å². The van der Waals surface area contributed by atoms with E-state index in [9.17, 15) is 9.59 Å². The molecule has 1 aromatic carbocycles. The second kappa shape index (κ2) is 8.11. The number of benzene rings is 1. The zero-order chi connectivity index (χ0) is 15.9. The number of carbonyl (C=O) groups is 2. The van der Waals surface area contributed by atoms with Gasteiger partial charge in [-0.25, -0.2) is 0 Å². The molecule has 0 spiro atoms. The molecule has 1 aliphatic heterocycles. The SMILES string of the molecule is CCC(C)Cc1cc(N2CCC(CC=O)CC2)ccc1C=O. The van der Waals surface area contributed by atoms with Crippen LogP contribution >= 0.6 is 0 Å². The van der Waals surface area contributed by atoms with Gasteiger partial charge in [0, 0.05) is 30.8 Å². The van der Waals surface area contributed by atoms with Gasteiger partial charge in [-0.3, -0.25) is 4.79 Å². The molecule has 3 heteroatoms. The molecular weight excluding hydrogens is 274 g/mol. The van der Waals surface area contributed by atoms with E-state index in [0.717, 1.165) is 62.5 Å². The molecule has 1 aliphatic rings. The van der Waals surface area contributed by atoms with Gasteiger partial charge in [-0.2, -0.15) is 0 Å². The summed E-state index contributed by atoms with van der Waals surface area (Å²) in [4.78, 5) is 24.3. The molecule has 2 rings (SSSR count). The van der Waals surface area contributed by atoms with Gasteiger partial charge in [-0.1, -0.05) is 20.3 Å². The fourth-order valence-electron chi connectivity index (χ4n) is 3.16. The molecule has 0 bridgehead atoms. The van der Waals surface area contributed by atoms with Crippen molar-refractivity contribution in [3.8, 4) is 0 Å². The molecule has 0 radical (unpaired) electrons. The fraction of sp³-hybridized carbons (Fsp3) is 0.579. The number of hydrogen-bond acceptors (Lipinski definition) is 3. The monoisotopic (exact) mass is 301 g/mol. The molecule has 0 aliphatic carbocycles. The maximum Gasteiger partial charge on any atom is 0.150 e. The highest BCUT2D eigenvalue weighted by Gasteiger charge is 2.19. The van der Waals surface area contributed by atoms with Gasteiger partial charge in [0.15, 0.2) is 0 Å². The second-order valence-electron chi connectivity index (χ2n) is 6.55. The second-order valence-corrected chi connectivity index (χ2v) is 6.55. The molecule has 0 amide bonds. The van der Waals surface area contributed by atoms with Gasteiger partial charge in [0.25, 0.3) is 0 Å². The minimum absolute atomic E-state index is 0.544. The molecular formula is C19H27NO2. The highest BCUT2D eigenvalue weighted by Crippen LogP contribution is 2.27. The molecule has 1 saturated heterocycles. The summed E-state index contributed by atoms with van der Waals surface area (Å²) in [6.07, 6.45) is 6.95. The molecule has 0 aromatic heterocycles. The van der Waals surface area contributed by atoms with Crippen LogP contribution < -0.4 is 4.90 Å². The summed E-state index contributed by atoms with van der Waals surface area (Å²) in [5, 5.41) is 0. The zero-order valence-corrected chi connectivity index (χ0v) is 13.8. The summed E-state index contributed by atoms with van der Waals surface area (Å²) in [6, 6.07) is 6.21. The molecule has 22 heavy (non-hydrogen) atoms. The summed E-state index contributed by atoms with van der Waals surface area (Å²) in [6.45, 7) is 6.42. The Balaban J connectivity index is 2.10. The number of carbonyl (C=O) groups excluding carboxylic acids is 2. The van der Waals surface area contributed by atoms with Gasteiger partial charge < -0.3 is 9.69 Å². The first-order valence-corrected chi connectivity index (χ1v) is 8.44. The number of rotatable bonds is 7. The summed E-state index contributed by atoms with van der Waals surface area (Å²) in [5.41, 5.74) is 3.20. The number of aldehydes is 2. The Labute approximate surface area is 133 Å². The Hall–Kier alpha value is -1.64. The van der Waals surface area contributed by atoms with E-state index < -0.39 is 0 Å². The Bertz CT molecular complexity index is 504. The van der Waals surface area contributed by atoms with Crippen molar-refractivity contribution in [1.29, 1.82) is 0 Å². The maximum absolute atomic E-state index is 11.3. The summed E-state index contributed by atoms with van der Waals surface area (Å²) in [7, 11) is 0. The molecule has 1 heterocycles. The lowest BCUT2D eigenvalue weighted by molar-refractivity contribution is -0.108. The first-order chi connectivity index (χ1) is 10.7. The van der Waals surface area contributed by atoms with Crippen molar-refractivity contribution in [3.05, 3.63) is 29.3 Å². The highest BCUT2D eigenvalue weighted by molar-refractivity contribution is 5.78. The average Bonchev–Trinajstić information content (AvgIpc) is 2.55. The predicted octanol–water partition coefficient (Wildman–Crippen LogP) is 3.89. The van der Waals surface area contributed by atoms with E-state index in [-0.39, 0.29) is 0 Å². The van der Waals surface area contributed by atoms with E-state index in [1.165, 1.54) is 5.69 Å². The third-order valence-electron chi connectivity index (χ3n) is 4.93. The van der Waals surface area contributed by atoms with Crippen molar-refractivity contribution in [3.63, 3.8) is 0 Å². The predicted molar refractivity (Wildman–Crippen MR) is 90.6 cm³/mol. The fourth-order valence-corrected chi connectivity index (χ4v) is 3.16. The Morgan fingerprint density at radius 1 is 1.27 bits per heavy atom. The first-order valence-electron chi connectivity index (χ1n) is 8.44. The molecule has 0 saturated carbocycles. The molecule has 1 fully saturated rings. The molecule has 0 N–H and O–H groups in total. The molecule has 1 atom stereocenters. The van der Waals surface area contributed by atoms with E-state index in [4.69, 9.17) is 0 Å². The number of anilines is 1. The van der Waals surface area contributed by atoms with Crippen LogP contribution in [0.1, 0.15) is 55.5 Å². The third-order valence-corrected chi connectivity index (χ3v) is 4.93. The maximum atomic E-state index is 11.3. The molecule has 1 aromatic rings. The van der Waals surface area contributed by atoms with Crippen LogP contribution in [0.5, 0.6) is 0 Å². The number of piperidine rings is 1. The molecule has 120 valence electrons. The van der Waals surface area contributed by atoms with Crippen LogP contribution in [-0.2, 0) is 11.2 Å². The smallest absolute Gasteiger partial charge is 0.150 e. The Kier molecular flexibility index (Phi) is 6.17. The third kappa shape index (κ3) is 4.19. The largest absolute Gasteiger partial charge is 0.372 e. The van der Waals surface area contributed by atoms with Gasteiger partial charge in [-0.05, 0) is 54.9 Å². The van der Waals surface area contributed by atoms with Crippen molar-refractivity contribution >= 4 is 18.3 Å². The van der Waals surface area contributed by atoms with Crippen LogP contribution in [-0.4, -0.2) is 25.7 Å². The lowest BCUT2D eigenvalue weighted by Gasteiger charge is -2.33. The Morgan fingerprint density at radius 3 is 2.59 bits per heavy atom. The summed E-state index contributed by atoms with van der Waals surface area (Å²) < 4.78 is 0. The van der Waals surface area contributed by atoms with Gasteiger partial charge in [0.1, 0.15) is 12.6 Å². The van der Waals surface area contributed by atoms with Crippen LogP contribution in [0.4, 0.5) is 5.69 Å². The minimum atomic E-state index is 0.544. The highest BCUT2D eigenvalue weighted by atomic mass is 16.1. The van der Waals surface area contributed by atoms with E-state index in [1.54, 1.807) is 0 Å². The van der Waals surface area contributed by atoms with Crippen LogP contribution in [0, 0.1) is 11.8 Å². The molecule has 3 nitrogen and oxygen atoms in total. The zero-order valence-electron chi connectivity index (χ0n) is 13.8. The van der Waals surface area contributed by atoms with Crippen LogP contribution in [0.3, 0.4) is 0 Å². The minimum Gasteiger partial charge on any atom is -0.372 e. The van der Waals surface area contributed by atoms with Crippen LogP contribution in [0.2, 0.25) is 0 Å². The van der Waals surface area contributed by atoms with Crippen molar-refractivity contribution in [2.45, 2.75) is 46.0 Å². The van der Waals surface area contributed by atoms with Crippen molar-refractivity contribution < 1.29 is 9.59 Å². The quantitative estimate of drug-likeness (QED) is 0.717. The van der Waals surface area contributed by atoms with Gasteiger partial charge >= 0.3 is 0 Å². The normalized spacial score (nSPS) is 17.3. The summed E-state index contributed by atoms with van der Waals surface area (Å²) in [5.74, 6) is 1.13. The average molecular weight is 301 g/mol. The Morgan fingerprint density at radius 2 is 2.00 bits per heavy atom. The van der Waals surface area contributed by atoms with Crippen LogP contribution in [0.25, 0.3) is 0 Å². The van der Waals surface area contributed by atoms with Gasteiger partial charge in [0.05, 0.1) is 0 Å². The number of hydrogen-bond donors (Lipinski definition) is 0. The first kappa shape index (κ1) is 16.7.